The maximum absolute atomic E-state index is 11.6. The quantitative estimate of drug-likeness (QED) is 0.730. The van der Waals surface area contributed by atoms with Crippen LogP contribution in [0.3, 0.4) is 0 Å². The van der Waals surface area contributed by atoms with Crippen LogP contribution in [-0.4, -0.2) is 68.7 Å². The average Bonchev–Trinajstić information content (AvgIpc) is 2.33. The van der Waals surface area contributed by atoms with Gasteiger partial charge in [0.15, 0.2) is 0 Å². The Bertz CT molecular complexity index is 395. The van der Waals surface area contributed by atoms with Gasteiger partial charge in [0, 0.05) is 26.0 Å². The van der Waals surface area contributed by atoms with Crippen molar-refractivity contribution in [3.8, 4) is 0 Å². The van der Waals surface area contributed by atoms with E-state index in [0.29, 0.717) is 26.0 Å². The minimum absolute atomic E-state index is 0.0136. The molecule has 0 aromatic rings. The van der Waals surface area contributed by atoms with Crippen LogP contribution in [0, 0.1) is 0 Å². The summed E-state index contributed by atoms with van der Waals surface area (Å²) >= 11 is 0. The average molecular weight is 293 g/mol. The second-order valence-electron chi connectivity index (χ2n) is 5.13. The Balaban J connectivity index is 2.69. The molecular weight excluding hydrogens is 270 g/mol. The molecule has 1 saturated carbocycles. The van der Waals surface area contributed by atoms with Crippen molar-refractivity contribution in [2.75, 3.05) is 33.1 Å². The molecule has 1 aliphatic rings. The van der Waals surface area contributed by atoms with Crippen molar-refractivity contribution in [3.63, 3.8) is 0 Å². The molecular formula is C12H23NO5S. The van der Waals surface area contributed by atoms with E-state index in [9.17, 15) is 13.2 Å². The van der Waals surface area contributed by atoms with Crippen LogP contribution in [0.15, 0.2) is 0 Å². The van der Waals surface area contributed by atoms with Crippen molar-refractivity contribution in [1.82, 2.24) is 4.90 Å². The minimum atomic E-state index is -3.05. The smallest absolute Gasteiger partial charge is 0.317 e. The van der Waals surface area contributed by atoms with Crippen molar-refractivity contribution in [2.24, 2.45) is 0 Å². The first-order chi connectivity index (χ1) is 8.84. The second-order valence-corrected chi connectivity index (χ2v) is 7.45. The molecule has 0 saturated heterocycles. The third-order valence-electron chi connectivity index (χ3n) is 3.64. The summed E-state index contributed by atoms with van der Waals surface area (Å²) in [6.45, 7) is 0.905. The van der Waals surface area contributed by atoms with Gasteiger partial charge in [0.2, 0.25) is 0 Å². The van der Waals surface area contributed by atoms with Gasteiger partial charge in [-0.15, -0.1) is 0 Å². The molecule has 19 heavy (non-hydrogen) atoms. The summed E-state index contributed by atoms with van der Waals surface area (Å²) in [7, 11) is -1.48. The Kier molecular flexibility index (Phi) is 6.22. The van der Waals surface area contributed by atoms with E-state index in [1.165, 1.54) is 6.26 Å². The molecule has 1 fully saturated rings. The van der Waals surface area contributed by atoms with Gasteiger partial charge in [0.05, 0.1) is 18.4 Å². The summed E-state index contributed by atoms with van der Waals surface area (Å²) in [6, 6.07) is 0.0136. The Labute approximate surface area is 114 Å². The summed E-state index contributed by atoms with van der Waals surface area (Å²) in [4.78, 5) is 12.7. The molecule has 0 radical (unpaired) electrons. The van der Waals surface area contributed by atoms with E-state index in [1.54, 1.807) is 7.11 Å². The number of rotatable bonds is 7. The first-order valence-corrected chi connectivity index (χ1v) is 8.43. The number of carboxylic acids is 1. The molecule has 0 heterocycles. The number of hydrogen-bond acceptors (Lipinski definition) is 5. The fourth-order valence-electron chi connectivity index (χ4n) is 2.61. The molecule has 112 valence electrons. The predicted molar refractivity (Wildman–Crippen MR) is 72.0 cm³/mol. The summed E-state index contributed by atoms with van der Waals surface area (Å²) < 4.78 is 28.2. The lowest BCUT2D eigenvalue weighted by molar-refractivity contribution is -0.139. The molecule has 0 aromatic heterocycles. The third-order valence-corrected chi connectivity index (χ3v) is 5.28. The van der Waals surface area contributed by atoms with Crippen LogP contribution >= 0.6 is 0 Å². The zero-order valence-electron chi connectivity index (χ0n) is 11.5. The van der Waals surface area contributed by atoms with Crippen molar-refractivity contribution >= 4 is 15.8 Å². The van der Waals surface area contributed by atoms with Gasteiger partial charge in [-0.3, -0.25) is 9.69 Å². The monoisotopic (exact) mass is 293 g/mol. The zero-order chi connectivity index (χ0) is 14.5. The molecule has 1 aliphatic carbocycles. The van der Waals surface area contributed by atoms with Crippen molar-refractivity contribution in [3.05, 3.63) is 0 Å². The Hall–Kier alpha value is -0.660. The van der Waals surface area contributed by atoms with E-state index in [-0.39, 0.29) is 17.8 Å². The summed E-state index contributed by atoms with van der Waals surface area (Å²) in [5.41, 5.74) is 0. The molecule has 0 amide bonds. The van der Waals surface area contributed by atoms with Crippen molar-refractivity contribution in [1.29, 1.82) is 0 Å². The van der Waals surface area contributed by atoms with Gasteiger partial charge in [-0.05, 0) is 19.3 Å². The topological polar surface area (TPSA) is 83.9 Å². The van der Waals surface area contributed by atoms with Crippen molar-refractivity contribution in [2.45, 2.75) is 37.0 Å². The van der Waals surface area contributed by atoms with Crippen LogP contribution < -0.4 is 0 Å². The zero-order valence-corrected chi connectivity index (χ0v) is 12.4. The van der Waals surface area contributed by atoms with E-state index in [1.807, 2.05) is 4.90 Å². The molecule has 1 rings (SSSR count). The van der Waals surface area contributed by atoms with E-state index >= 15 is 0 Å². The first-order valence-electron chi connectivity index (χ1n) is 6.48. The van der Waals surface area contributed by atoms with Crippen LogP contribution in [-0.2, 0) is 19.4 Å². The molecule has 0 aromatic carbocycles. The predicted octanol–water partition coefficient (Wildman–Crippen LogP) is 0.375. The Morgan fingerprint density at radius 1 is 1.42 bits per heavy atom. The van der Waals surface area contributed by atoms with Gasteiger partial charge in [-0.25, -0.2) is 8.42 Å². The van der Waals surface area contributed by atoms with E-state index in [2.05, 4.69) is 0 Å². The number of ether oxygens (including phenoxy) is 1. The number of carboxylic acid groups (broad SMARTS) is 1. The number of nitrogens with zero attached hydrogens (tertiary/aromatic N) is 1. The van der Waals surface area contributed by atoms with Crippen LogP contribution in [0.2, 0.25) is 0 Å². The highest BCUT2D eigenvalue weighted by Gasteiger charge is 2.32. The van der Waals surface area contributed by atoms with Crippen molar-refractivity contribution < 1.29 is 23.1 Å². The van der Waals surface area contributed by atoms with Gasteiger partial charge in [-0.2, -0.15) is 0 Å². The molecule has 0 spiro atoms. The van der Waals surface area contributed by atoms with Gasteiger partial charge in [-0.1, -0.05) is 6.42 Å². The maximum Gasteiger partial charge on any atom is 0.317 e. The number of sulfone groups is 1. The minimum Gasteiger partial charge on any atom is -0.480 e. The molecule has 2 atom stereocenters. The highest BCUT2D eigenvalue weighted by atomic mass is 32.2. The van der Waals surface area contributed by atoms with Crippen LogP contribution in [0.5, 0.6) is 0 Å². The maximum atomic E-state index is 11.6. The lowest BCUT2D eigenvalue weighted by Crippen LogP contribution is -2.45. The normalized spacial score (nSPS) is 24.6. The van der Waals surface area contributed by atoms with Crippen LogP contribution in [0.25, 0.3) is 0 Å². The lowest BCUT2D eigenvalue weighted by atomic mass is 9.93. The van der Waals surface area contributed by atoms with Crippen LogP contribution in [0.1, 0.15) is 25.7 Å². The fraction of sp³-hybridized carbons (Fsp3) is 0.917. The highest BCUT2D eigenvalue weighted by molar-refractivity contribution is 7.91. The third kappa shape index (κ3) is 5.46. The van der Waals surface area contributed by atoms with Gasteiger partial charge >= 0.3 is 5.97 Å². The SMILES string of the molecule is COCCN(CC(=O)O)C1CCCC(S(C)(=O)=O)C1. The summed E-state index contributed by atoms with van der Waals surface area (Å²) in [5, 5.41) is 8.60. The number of hydrogen-bond donors (Lipinski definition) is 1. The standard InChI is InChI=1S/C12H23NO5S/c1-18-7-6-13(9-12(14)15)10-4-3-5-11(8-10)19(2,16)17/h10-11H,3-9H2,1-2H3,(H,14,15). The van der Waals surface area contributed by atoms with E-state index in [4.69, 9.17) is 9.84 Å². The van der Waals surface area contributed by atoms with E-state index in [0.717, 1.165) is 12.8 Å². The van der Waals surface area contributed by atoms with Crippen LogP contribution in [0.4, 0.5) is 0 Å². The molecule has 7 heteroatoms. The molecule has 6 nitrogen and oxygen atoms in total. The Morgan fingerprint density at radius 3 is 2.63 bits per heavy atom. The second kappa shape index (κ2) is 7.21. The summed E-state index contributed by atoms with van der Waals surface area (Å²) in [5.74, 6) is -0.891. The lowest BCUT2D eigenvalue weighted by Gasteiger charge is -2.36. The van der Waals surface area contributed by atoms with Gasteiger partial charge < -0.3 is 9.84 Å². The molecule has 0 bridgehead atoms. The number of methoxy groups -OCH3 is 1. The largest absolute Gasteiger partial charge is 0.480 e. The Morgan fingerprint density at radius 2 is 2.11 bits per heavy atom. The van der Waals surface area contributed by atoms with E-state index < -0.39 is 15.8 Å². The summed E-state index contributed by atoms with van der Waals surface area (Å²) in [6.07, 6.45) is 4.14. The van der Waals surface area contributed by atoms with Gasteiger partial charge in [0.25, 0.3) is 0 Å². The number of carbonyl (C=O) groups is 1. The van der Waals surface area contributed by atoms with Gasteiger partial charge in [0.1, 0.15) is 9.84 Å². The first kappa shape index (κ1) is 16.4. The fourth-order valence-corrected chi connectivity index (χ4v) is 3.78. The molecule has 1 N–H and O–H groups in total. The molecule has 2 unspecified atom stereocenters. The molecule has 0 aliphatic heterocycles. The number of aliphatic carboxylic acids is 1. The highest BCUT2D eigenvalue weighted by Crippen LogP contribution is 2.27.